The minimum Gasteiger partial charge on any atom is -0.400 e. The maximum Gasteiger partial charge on any atom is 0.184 e. The number of aliphatic hydroxyl groups excluding tert-OH is 1. The Morgan fingerprint density at radius 1 is 1.09 bits per heavy atom. The van der Waals surface area contributed by atoms with Gasteiger partial charge in [0, 0.05) is 42.0 Å². The molecule has 1 saturated heterocycles. The van der Waals surface area contributed by atoms with Crippen LogP contribution in [0, 0.1) is 23.7 Å². The highest BCUT2D eigenvalue weighted by atomic mass is 16.7. The van der Waals surface area contributed by atoms with Crippen LogP contribution in [0.1, 0.15) is 53.4 Å². The maximum absolute atomic E-state index is 7.00. The average molecular weight is 457 g/mol. The van der Waals surface area contributed by atoms with Crippen molar-refractivity contribution in [2.45, 2.75) is 84.1 Å². The van der Waals surface area contributed by atoms with Gasteiger partial charge in [-0.1, -0.05) is 39.0 Å². The Bertz CT molecular complexity index is 559. The maximum atomic E-state index is 7.00. The Morgan fingerprint density at radius 3 is 2.28 bits per heavy atom. The van der Waals surface area contributed by atoms with Crippen molar-refractivity contribution >= 4 is 0 Å². The molecule has 2 aliphatic rings. The molecule has 6 nitrogen and oxygen atoms in total. The Balaban J connectivity index is 0.00000249. The molecule has 6 heteroatoms. The summed E-state index contributed by atoms with van der Waals surface area (Å²) in [5, 5.41) is 7.00. The van der Waals surface area contributed by atoms with Crippen LogP contribution < -0.4 is 0 Å². The van der Waals surface area contributed by atoms with E-state index in [-0.39, 0.29) is 24.6 Å². The lowest BCUT2D eigenvalue weighted by atomic mass is 9.94. The molecule has 0 spiro atoms. The van der Waals surface area contributed by atoms with Gasteiger partial charge >= 0.3 is 0 Å². The molecule has 1 heterocycles. The van der Waals surface area contributed by atoms with Gasteiger partial charge in [0.15, 0.2) is 6.29 Å². The standard InChI is InChI=1S/C25H44O5.CH4O/c1-9-20(26-5)18(4)23-17(3)19(23)14-12-10-11-13-16(2)24-21(27-6)15-22(28-7)25(29-8)30-24;1-2/h10-11,13,17-25H,9,12,14-15H2,1-8H3;2H,1H3/b11-10+,16-13+;. The van der Waals surface area contributed by atoms with Gasteiger partial charge in [0.25, 0.3) is 0 Å². The molecule has 9 atom stereocenters. The highest BCUT2D eigenvalue weighted by Crippen LogP contribution is 2.54. The monoisotopic (exact) mass is 456 g/mol. The lowest BCUT2D eigenvalue weighted by Gasteiger charge is -2.39. The summed E-state index contributed by atoms with van der Waals surface area (Å²) in [5.74, 6) is 3.09. The second-order valence-corrected chi connectivity index (χ2v) is 9.00. The Hall–Kier alpha value is -0.760. The number of rotatable bonds is 12. The van der Waals surface area contributed by atoms with Gasteiger partial charge < -0.3 is 28.8 Å². The van der Waals surface area contributed by atoms with Crippen LogP contribution in [0.5, 0.6) is 0 Å². The predicted octanol–water partition coefficient (Wildman–Crippen LogP) is 4.61. The predicted molar refractivity (Wildman–Crippen MR) is 129 cm³/mol. The molecule has 1 N–H and O–H groups in total. The van der Waals surface area contributed by atoms with E-state index < -0.39 is 0 Å². The summed E-state index contributed by atoms with van der Waals surface area (Å²) in [6.07, 6.45) is 10.5. The van der Waals surface area contributed by atoms with Crippen molar-refractivity contribution in [3.05, 3.63) is 23.8 Å². The van der Waals surface area contributed by atoms with E-state index in [1.54, 1.807) is 21.3 Å². The van der Waals surface area contributed by atoms with Crippen molar-refractivity contribution in [3.63, 3.8) is 0 Å². The fraction of sp³-hybridized carbons (Fsp3) is 0.846. The molecule has 188 valence electrons. The molecular formula is C26H48O6. The molecule has 0 aromatic carbocycles. The quantitative estimate of drug-likeness (QED) is 0.433. The molecule has 1 saturated carbocycles. The lowest BCUT2D eigenvalue weighted by molar-refractivity contribution is -0.256. The summed E-state index contributed by atoms with van der Waals surface area (Å²) in [4.78, 5) is 0. The zero-order chi connectivity index (χ0) is 24.3. The van der Waals surface area contributed by atoms with E-state index in [2.05, 4.69) is 45.9 Å². The van der Waals surface area contributed by atoms with Crippen molar-refractivity contribution in [1.82, 2.24) is 0 Å². The minimum absolute atomic E-state index is 0.0344. The summed E-state index contributed by atoms with van der Waals surface area (Å²) in [6, 6.07) is 0. The van der Waals surface area contributed by atoms with Crippen molar-refractivity contribution in [2.24, 2.45) is 23.7 Å². The van der Waals surface area contributed by atoms with E-state index >= 15 is 0 Å². The van der Waals surface area contributed by atoms with Gasteiger partial charge in [-0.2, -0.15) is 0 Å². The molecule has 0 aromatic rings. The number of hydrogen-bond acceptors (Lipinski definition) is 6. The van der Waals surface area contributed by atoms with Crippen LogP contribution >= 0.6 is 0 Å². The first kappa shape index (κ1) is 29.3. The normalized spacial score (nSPS) is 34.7. The first-order valence-corrected chi connectivity index (χ1v) is 12.0. The van der Waals surface area contributed by atoms with Gasteiger partial charge in [-0.05, 0) is 55.4 Å². The molecule has 0 bridgehead atoms. The molecule has 2 fully saturated rings. The van der Waals surface area contributed by atoms with Gasteiger partial charge in [-0.15, -0.1) is 0 Å². The second-order valence-electron chi connectivity index (χ2n) is 9.00. The smallest absolute Gasteiger partial charge is 0.184 e. The van der Waals surface area contributed by atoms with Gasteiger partial charge in [0.1, 0.15) is 12.2 Å². The first-order valence-electron chi connectivity index (χ1n) is 12.0. The topological polar surface area (TPSA) is 66.4 Å². The Morgan fingerprint density at radius 2 is 1.75 bits per heavy atom. The third-order valence-corrected chi connectivity index (χ3v) is 7.37. The first-order chi connectivity index (χ1) is 15.4. The number of aliphatic hydroxyl groups is 1. The summed E-state index contributed by atoms with van der Waals surface area (Å²) in [7, 11) is 7.91. The van der Waals surface area contributed by atoms with Crippen LogP contribution in [0.25, 0.3) is 0 Å². The van der Waals surface area contributed by atoms with E-state index in [1.807, 2.05) is 7.11 Å². The molecule has 0 amide bonds. The summed E-state index contributed by atoms with van der Waals surface area (Å²) in [6.45, 7) is 9.07. The van der Waals surface area contributed by atoms with Crippen LogP contribution in [0.3, 0.4) is 0 Å². The van der Waals surface area contributed by atoms with Gasteiger partial charge in [0.05, 0.1) is 12.2 Å². The van der Waals surface area contributed by atoms with E-state index in [0.717, 1.165) is 49.7 Å². The molecule has 0 radical (unpaired) electrons. The Kier molecular flexibility index (Phi) is 13.9. The van der Waals surface area contributed by atoms with Crippen LogP contribution in [0.15, 0.2) is 23.8 Å². The molecule has 9 unspecified atom stereocenters. The largest absolute Gasteiger partial charge is 0.400 e. The van der Waals surface area contributed by atoms with E-state index in [1.165, 1.54) is 6.42 Å². The molecule has 1 aliphatic carbocycles. The molecule has 1 aliphatic heterocycles. The SMILES string of the molecule is CCC(OC)C(C)C1C(C)C1CC/C=C/C=C(\C)C1OC(OC)C(OC)CC1OC.CO. The number of ether oxygens (including phenoxy) is 5. The summed E-state index contributed by atoms with van der Waals surface area (Å²) in [5.41, 5.74) is 1.15. The minimum atomic E-state index is -0.368. The van der Waals surface area contributed by atoms with Crippen molar-refractivity contribution < 1.29 is 28.8 Å². The number of methoxy groups -OCH3 is 4. The zero-order valence-corrected chi connectivity index (χ0v) is 21.7. The zero-order valence-electron chi connectivity index (χ0n) is 21.7. The van der Waals surface area contributed by atoms with Gasteiger partial charge in [-0.25, -0.2) is 0 Å². The van der Waals surface area contributed by atoms with Crippen LogP contribution in [0.4, 0.5) is 0 Å². The molecule has 2 rings (SSSR count). The Labute approximate surface area is 196 Å². The number of allylic oxidation sites excluding steroid dienone is 3. The van der Waals surface area contributed by atoms with E-state index in [0.29, 0.717) is 12.0 Å². The van der Waals surface area contributed by atoms with Crippen LogP contribution in [0.2, 0.25) is 0 Å². The van der Waals surface area contributed by atoms with E-state index in [9.17, 15) is 0 Å². The lowest BCUT2D eigenvalue weighted by Crippen LogP contribution is -2.49. The van der Waals surface area contributed by atoms with E-state index in [4.69, 9.17) is 28.8 Å². The highest BCUT2D eigenvalue weighted by molar-refractivity contribution is 5.17. The third-order valence-electron chi connectivity index (χ3n) is 7.37. The highest BCUT2D eigenvalue weighted by Gasteiger charge is 2.50. The van der Waals surface area contributed by atoms with Crippen LogP contribution in [-0.2, 0) is 23.7 Å². The van der Waals surface area contributed by atoms with Crippen molar-refractivity contribution in [3.8, 4) is 0 Å². The molecule has 32 heavy (non-hydrogen) atoms. The van der Waals surface area contributed by atoms with Gasteiger partial charge in [-0.3, -0.25) is 0 Å². The van der Waals surface area contributed by atoms with Gasteiger partial charge in [0.2, 0.25) is 0 Å². The fourth-order valence-corrected chi connectivity index (χ4v) is 5.42. The second kappa shape index (κ2) is 15.2. The molecular weight excluding hydrogens is 408 g/mol. The van der Waals surface area contributed by atoms with Crippen LogP contribution in [-0.4, -0.2) is 71.4 Å². The summed E-state index contributed by atoms with van der Waals surface area (Å²) >= 11 is 0. The summed E-state index contributed by atoms with van der Waals surface area (Å²) < 4.78 is 28.4. The fourth-order valence-electron chi connectivity index (χ4n) is 5.42. The third kappa shape index (κ3) is 7.64. The number of hydrogen-bond donors (Lipinski definition) is 1. The average Bonchev–Trinajstić information content (AvgIpc) is 3.48. The van der Waals surface area contributed by atoms with Crippen molar-refractivity contribution in [1.29, 1.82) is 0 Å². The van der Waals surface area contributed by atoms with Crippen molar-refractivity contribution in [2.75, 3.05) is 35.5 Å². The molecule has 0 aromatic heterocycles.